The standard InChI is InChI=1S/C17H22FN5O/c1-12-10-22(11-16-19-20-21-23(16)15-6-7-15)9-8-17(12,24)13-2-4-14(18)5-3-13/h2-5,12,15,24H,6-11H2,1H3/t12-,17+/m1/s1. The Balaban J connectivity index is 1.46. The van der Waals surface area contributed by atoms with E-state index in [0.29, 0.717) is 19.0 Å². The van der Waals surface area contributed by atoms with Crippen LogP contribution in [0.15, 0.2) is 24.3 Å². The molecule has 0 unspecified atom stereocenters. The monoisotopic (exact) mass is 331 g/mol. The van der Waals surface area contributed by atoms with E-state index in [1.54, 1.807) is 12.1 Å². The molecule has 1 N–H and O–H groups in total. The number of halogens is 1. The highest BCUT2D eigenvalue weighted by Gasteiger charge is 2.40. The van der Waals surface area contributed by atoms with E-state index in [1.165, 1.54) is 12.1 Å². The van der Waals surface area contributed by atoms with Crippen LogP contribution in [0.5, 0.6) is 0 Å². The van der Waals surface area contributed by atoms with Gasteiger partial charge in [-0.3, -0.25) is 4.90 Å². The van der Waals surface area contributed by atoms with Crippen molar-refractivity contribution < 1.29 is 9.50 Å². The second kappa shape index (κ2) is 5.89. The summed E-state index contributed by atoms with van der Waals surface area (Å²) >= 11 is 0. The molecular weight excluding hydrogens is 309 g/mol. The van der Waals surface area contributed by atoms with Crippen LogP contribution in [0.1, 0.15) is 43.6 Å². The molecule has 1 aromatic carbocycles. The Morgan fingerprint density at radius 1 is 1.29 bits per heavy atom. The highest BCUT2D eigenvalue weighted by molar-refractivity contribution is 5.24. The van der Waals surface area contributed by atoms with Gasteiger partial charge in [0.2, 0.25) is 0 Å². The van der Waals surface area contributed by atoms with Gasteiger partial charge in [-0.05, 0) is 47.4 Å². The van der Waals surface area contributed by atoms with E-state index in [4.69, 9.17) is 0 Å². The van der Waals surface area contributed by atoms with E-state index < -0.39 is 5.60 Å². The minimum absolute atomic E-state index is 0.0435. The van der Waals surface area contributed by atoms with Gasteiger partial charge in [-0.2, -0.15) is 0 Å². The zero-order valence-electron chi connectivity index (χ0n) is 13.8. The maximum Gasteiger partial charge on any atom is 0.165 e. The number of rotatable bonds is 4. The SMILES string of the molecule is C[C@@H]1CN(Cc2nnnn2C2CC2)CC[C@@]1(O)c1ccc(F)cc1. The summed E-state index contributed by atoms with van der Waals surface area (Å²) < 4.78 is 15.1. The molecule has 4 rings (SSSR count). The van der Waals surface area contributed by atoms with Gasteiger partial charge >= 0.3 is 0 Å². The highest BCUT2D eigenvalue weighted by Crippen LogP contribution is 2.38. The largest absolute Gasteiger partial charge is 0.385 e. The third-order valence-corrected chi connectivity index (χ3v) is 5.32. The van der Waals surface area contributed by atoms with Crippen molar-refractivity contribution in [2.75, 3.05) is 13.1 Å². The Hall–Kier alpha value is -1.86. The smallest absolute Gasteiger partial charge is 0.165 e. The predicted molar refractivity (Wildman–Crippen MR) is 85.4 cm³/mol. The van der Waals surface area contributed by atoms with Crippen molar-refractivity contribution in [1.82, 2.24) is 25.1 Å². The van der Waals surface area contributed by atoms with Crippen LogP contribution in [0.3, 0.4) is 0 Å². The van der Waals surface area contributed by atoms with Crippen LogP contribution >= 0.6 is 0 Å². The minimum atomic E-state index is -0.910. The lowest BCUT2D eigenvalue weighted by atomic mass is 9.77. The fraction of sp³-hybridized carbons (Fsp3) is 0.588. The lowest BCUT2D eigenvalue weighted by molar-refractivity contribution is -0.0734. The molecule has 7 heteroatoms. The van der Waals surface area contributed by atoms with E-state index in [9.17, 15) is 9.50 Å². The molecule has 2 fully saturated rings. The second-order valence-electron chi connectivity index (χ2n) is 7.09. The molecule has 128 valence electrons. The van der Waals surface area contributed by atoms with Gasteiger partial charge in [0.25, 0.3) is 0 Å². The summed E-state index contributed by atoms with van der Waals surface area (Å²) in [6.07, 6.45) is 2.92. The molecule has 1 aliphatic carbocycles. The molecule has 0 radical (unpaired) electrons. The second-order valence-corrected chi connectivity index (χ2v) is 7.09. The maximum atomic E-state index is 13.1. The van der Waals surface area contributed by atoms with Crippen molar-refractivity contribution in [2.24, 2.45) is 5.92 Å². The summed E-state index contributed by atoms with van der Waals surface area (Å²) in [6.45, 7) is 4.26. The van der Waals surface area contributed by atoms with E-state index >= 15 is 0 Å². The van der Waals surface area contributed by atoms with Crippen LogP contribution in [0.4, 0.5) is 4.39 Å². The first-order valence-corrected chi connectivity index (χ1v) is 8.54. The summed E-state index contributed by atoms with van der Waals surface area (Å²) in [7, 11) is 0. The maximum absolute atomic E-state index is 13.1. The number of aromatic nitrogens is 4. The lowest BCUT2D eigenvalue weighted by Gasteiger charge is -2.43. The van der Waals surface area contributed by atoms with Crippen molar-refractivity contribution in [3.8, 4) is 0 Å². The molecule has 0 spiro atoms. The number of hydrogen-bond donors (Lipinski definition) is 1. The normalized spacial score (nSPS) is 28.2. The first-order valence-electron chi connectivity index (χ1n) is 8.54. The zero-order valence-corrected chi connectivity index (χ0v) is 13.8. The third kappa shape index (κ3) is 2.82. The van der Waals surface area contributed by atoms with Crippen LogP contribution in [-0.2, 0) is 12.1 Å². The van der Waals surface area contributed by atoms with Crippen molar-refractivity contribution in [2.45, 2.75) is 44.4 Å². The van der Waals surface area contributed by atoms with Gasteiger partial charge < -0.3 is 5.11 Å². The van der Waals surface area contributed by atoms with Crippen LogP contribution < -0.4 is 0 Å². The summed E-state index contributed by atoms with van der Waals surface area (Å²) in [5.41, 5.74) is -0.119. The Bertz CT molecular complexity index is 714. The van der Waals surface area contributed by atoms with E-state index in [-0.39, 0.29) is 11.7 Å². The fourth-order valence-corrected chi connectivity index (χ4v) is 3.63. The average molecular weight is 331 g/mol. The Morgan fingerprint density at radius 2 is 2.04 bits per heavy atom. The van der Waals surface area contributed by atoms with Gasteiger partial charge in [-0.15, -0.1) is 5.10 Å². The molecule has 2 aliphatic rings. The van der Waals surface area contributed by atoms with Gasteiger partial charge in [0.15, 0.2) is 5.82 Å². The van der Waals surface area contributed by atoms with Gasteiger partial charge in [-0.25, -0.2) is 9.07 Å². The quantitative estimate of drug-likeness (QED) is 0.926. The minimum Gasteiger partial charge on any atom is -0.385 e. The number of tetrazole rings is 1. The molecule has 1 aliphatic heterocycles. The molecular formula is C17H22FN5O. The van der Waals surface area contributed by atoms with Crippen LogP contribution in [0.2, 0.25) is 0 Å². The van der Waals surface area contributed by atoms with Crippen LogP contribution in [0.25, 0.3) is 0 Å². The van der Waals surface area contributed by atoms with Crippen LogP contribution in [-0.4, -0.2) is 43.3 Å². The lowest BCUT2D eigenvalue weighted by Crippen LogP contribution is -2.48. The molecule has 2 heterocycles. The number of likely N-dealkylation sites (tertiary alicyclic amines) is 1. The number of hydrogen-bond acceptors (Lipinski definition) is 5. The number of aliphatic hydroxyl groups is 1. The first-order chi connectivity index (χ1) is 11.6. The van der Waals surface area contributed by atoms with Crippen molar-refractivity contribution in [3.63, 3.8) is 0 Å². The topological polar surface area (TPSA) is 67.1 Å². The van der Waals surface area contributed by atoms with Crippen molar-refractivity contribution in [1.29, 1.82) is 0 Å². The van der Waals surface area contributed by atoms with Gasteiger partial charge in [-0.1, -0.05) is 19.1 Å². The van der Waals surface area contributed by atoms with Crippen LogP contribution in [0, 0.1) is 11.7 Å². The van der Waals surface area contributed by atoms with E-state index in [2.05, 4.69) is 20.4 Å². The van der Waals surface area contributed by atoms with Gasteiger partial charge in [0.1, 0.15) is 5.82 Å². The average Bonchev–Trinajstić information content (AvgIpc) is 3.31. The van der Waals surface area contributed by atoms with Gasteiger partial charge in [0.05, 0.1) is 18.2 Å². The number of nitrogens with zero attached hydrogens (tertiary/aromatic N) is 5. The van der Waals surface area contributed by atoms with E-state index in [0.717, 1.165) is 37.3 Å². The molecule has 24 heavy (non-hydrogen) atoms. The molecule has 2 atom stereocenters. The zero-order chi connectivity index (χ0) is 16.7. The molecule has 6 nitrogen and oxygen atoms in total. The summed E-state index contributed by atoms with van der Waals surface area (Å²) in [5.74, 6) is 0.665. The number of benzene rings is 1. The predicted octanol–water partition coefficient (Wildman–Crippen LogP) is 1.88. The molecule has 1 saturated heterocycles. The first kappa shape index (κ1) is 15.7. The highest BCUT2D eigenvalue weighted by atomic mass is 19.1. The molecule has 1 aromatic heterocycles. The summed E-state index contributed by atoms with van der Waals surface area (Å²) in [6, 6.07) is 6.67. The third-order valence-electron chi connectivity index (χ3n) is 5.32. The van der Waals surface area contributed by atoms with Crippen molar-refractivity contribution >= 4 is 0 Å². The molecule has 2 aromatic rings. The molecule has 1 saturated carbocycles. The summed E-state index contributed by atoms with van der Waals surface area (Å²) in [4.78, 5) is 2.28. The van der Waals surface area contributed by atoms with E-state index in [1.807, 2.05) is 11.6 Å². The summed E-state index contributed by atoms with van der Waals surface area (Å²) in [5, 5.41) is 23.2. The molecule has 0 amide bonds. The Kier molecular flexibility index (Phi) is 3.85. The fourth-order valence-electron chi connectivity index (χ4n) is 3.63. The number of piperidine rings is 1. The Morgan fingerprint density at radius 3 is 2.71 bits per heavy atom. The van der Waals surface area contributed by atoms with Gasteiger partial charge in [0, 0.05) is 19.0 Å². The van der Waals surface area contributed by atoms with Crippen molar-refractivity contribution in [3.05, 3.63) is 41.5 Å². The Labute approximate surface area is 140 Å². The molecule has 0 bridgehead atoms.